The minimum atomic E-state index is -5.74. The highest BCUT2D eigenvalue weighted by atomic mass is 32.2. The third-order valence-corrected chi connectivity index (χ3v) is 8.11. The highest BCUT2D eigenvalue weighted by Gasteiger charge is 2.67. The second kappa shape index (κ2) is 8.62. The molecule has 2 aliphatic heterocycles. The molecular formula is C19H22F6N2O5S. The molecule has 7 nitrogen and oxygen atoms in total. The maximum atomic E-state index is 13.6. The molecule has 0 bridgehead atoms. The lowest BCUT2D eigenvalue weighted by molar-refractivity contribution is -0.315. The van der Waals surface area contributed by atoms with Crippen LogP contribution in [0, 0.1) is 5.92 Å². The van der Waals surface area contributed by atoms with Gasteiger partial charge in [0.05, 0.1) is 22.6 Å². The number of benzene rings is 1. The number of likely N-dealkylation sites (N-methyl/N-ethyl adjacent to an activating group) is 1. The molecule has 186 valence electrons. The van der Waals surface area contributed by atoms with Crippen molar-refractivity contribution in [3.05, 3.63) is 30.3 Å². The van der Waals surface area contributed by atoms with Crippen molar-refractivity contribution in [1.29, 1.82) is 0 Å². The van der Waals surface area contributed by atoms with E-state index in [1.54, 1.807) is 0 Å². The summed E-state index contributed by atoms with van der Waals surface area (Å²) in [5, 5.41) is 9.10. The Labute approximate surface area is 186 Å². The minimum Gasteiger partial charge on any atom is -0.465 e. The first kappa shape index (κ1) is 25.6. The Morgan fingerprint density at radius 2 is 1.64 bits per heavy atom. The number of nitrogens with zero attached hydrogens (tertiary/aromatic N) is 2. The van der Waals surface area contributed by atoms with Crippen LogP contribution < -0.4 is 0 Å². The molecule has 2 atom stereocenters. The van der Waals surface area contributed by atoms with E-state index in [1.807, 2.05) is 0 Å². The van der Waals surface area contributed by atoms with Crippen molar-refractivity contribution in [2.75, 3.05) is 20.1 Å². The van der Waals surface area contributed by atoms with Crippen LogP contribution in [0.3, 0.4) is 0 Å². The molecule has 0 aromatic heterocycles. The Kier molecular flexibility index (Phi) is 6.68. The van der Waals surface area contributed by atoms with Crippen LogP contribution in [0.1, 0.15) is 19.3 Å². The third kappa shape index (κ3) is 5.06. The first-order chi connectivity index (χ1) is 15.1. The fourth-order valence-electron chi connectivity index (χ4n) is 4.46. The molecule has 33 heavy (non-hydrogen) atoms. The topological polar surface area (TPSA) is 87.2 Å². The van der Waals surface area contributed by atoms with Gasteiger partial charge in [-0.3, -0.25) is 0 Å². The third-order valence-electron chi connectivity index (χ3n) is 6.21. The number of alkyl halides is 6. The zero-order valence-electron chi connectivity index (χ0n) is 17.3. The van der Waals surface area contributed by atoms with Gasteiger partial charge in [-0.15, -0.1) is 0 Å². The SMILES string of the molecule is CN([C@@H]1CC2(CCN(C(=O)O)CC2)OC1C(C(F)(F)F)C(F)(F)F)S(=O)(=O)c1ccccc1. The van der Waals surface area contributed by atoms with Crippen LogP contribution in [-0.2, 0) is 14.8 Å². The van der Waals surface area contributed by atoms with Gasteiger partial charge in [-0.25, -0.2) is 13.2 Å². The van der Waals surface area contributed by atoms with Gasteiger partial charge in [-0.2, -0.15) is 30.6 Å². The van der Waals surface area contributed by atoms with Crippen molar-refractivity contribution in [3.63, 3.8) is 0 Å². The molecule has 1 aromatic rings. The standard InChI is InChI=1S/C19H22F6N2O5S/c1-26(33(30,31)12-5-3-2-4-6-12)13-11-17(7-9-27(10-8-17)16(28)29)32-14(13)15(18(20,21)22)19(23,24)25/h2-6,13-15H,7-11H2,1H3,(H,28,29)/t13-,14?/m1/s1. The van der Waals surface area contributed by atoms with Crippen LogP contribution in [0.5, 0.6) is 0 Å². The van der Waals surface area contributed by atoms with Gasteiger partial charge in [0.2, 0.25) is 10.0 Å². The van der Waals surface area contributed by atoms with Crippen LogP contribution in [0.4, 0.5) is 31.1 Å². The van der Waals surface area contributed by atoms with E-state index < -0.39 is 58.6 Å². The molecule has 0 aliphatic carbocycles. The van der Waals surface area contributed by atoms with Crippen LogP contribution in [0.2, 0.25) is 0 Å². The zero-order chi connectivity index (χ0) is 24.8. The van der Waals surface area contributed by atoms with Crippen molar-refractivity contribution in [1.82, 2.24) is 9.21 Å². The Balaban J connectivity index is 2.02. The average molecular weight is 504 g/mol. The second-order valence-corrected chi connectivity index (χ2v) is 10.2. The van der Waals surface area contributed by atoms with Crippen molar-refractivity contribution in [3.8, 4) is 0 Å². The summed E-state index contributed by atoms with van der Waals surface area (Å²) in [7, 11) is -3.52. The lowest BCUT2D eigenvalue weighted by atomic mass is 9.85. The number of sulfonamides is 1. The Bertz CT molecular complexity index is 947. The average Bonchev–Trinajstić information content (AvgIpc) is 3.03. The summed E-state index contributed by atoms with van der Waals surface area (Å²) in [6.07, 6.45) is -16.1. The number of ether oxygens (including phenoxy) is 1. The summed E-state index contributed by atoms with van der Waals surface area (Å²) in [6.45, 7) is -0.320. The highest BCUT2D eigenvalue weighted by molar-refractivity contribution is 7.89. The van der Waals surface area contributed by atoms with Crippen LogP contribution in [0.15, 0.2) is 35.2 Å². The van der Waals surface area contributed by atoms with Gasteiger partial charge in [-0.1, -0.05) is 18.2 Å². The molecule has 1 aromatic carbocycles. The number of hydrogen-bond acceptors (Lipinski definition) is 4. The second-order valence-electron chi connectivity index (χ2n) is 8.20. The van der Waals surface area contributed by atoms with Gasteiger partial charge in [0.1, 0.15) is 0 Å². The lowest BCUT2D eigenvalue weighted by Crippen LogP contribution is -2.53. The van der Waals surface area contributed by atoms with E-state index in [-0.39, 0.29) is 30.8 Å². The molecule has 1 unspecified atom stereocenters. The summed E-state index contributed by atoms with van der Waals surface area (Å²) in [5.74, 6) is -3.92. The van der Waals surface area contributed by atoms with Crippen LogP contribution >= 0.6 is 0 Å². The predicted molar refractivity (Wildman–Crippen MR) is 102 cm³/mol. The molecule has 1 spiro atoms. The van der Waals surface area contributed by atoms with Gasteiger partial charge < -0.3 is 14.7 Å². The maximum Gasteiger partial charge on any atom is 0.407 e. The number of rotatable bonds is 4. The molecule has 2 aliphatic rings. The molecule has 2 heterocycles. The summed E-state index contributed by atoms with van der Waals surface area (Å²) in [4.78, 5) is 11.8. The summed E-state index contributed by atoms with van der Waals surface area (Å²) in [5.41, 5.74) is -1.52. The fraction of sp³-hybridized carbons (Fsp3) is 0.632. The van der Waals surface area contributed by atoms with Gasteiger partial charge in [0.15, 0.2) is 5.92 Å². The van der Waals surface area contributed by atoms with Crippen molar-refractivity contribution in [2.45, 2.75) is 54.3 Å². The van der Waals surface area contributed by atoms with Crippen LogP contribution in [-0.4, -0.2) is 79.1 Å². The van der Waals surface area contributed by atoms with Crippen LogP contribution in [0.25, 0.3) is 0 Å². The molecule has 2 saturated heterocycles. The summed E-state index contributed by atoms with van der Waals surface area (Å²) >= 11 is 0. The molecule has 0 saturated carbocycles. The molecule has 14 heteroatoms. The Morgan fingerprint density at radius 1 is 1.12 bits per heavy atom. The molecular weight excluding hydrogens is 482 g/mol. The Morgan fingerprint density at radius 3 is 2.09 bits per heavy atom. The number of piperidine rings is 1. The smallest absolute Gasteiger partial charge is 0.407 e. The van der Waals surface area contributed by atoms with E-state index in [9.17, 15) is 39.6 Å². The zero-order valence-corrected chi connectivity index (χ0v) is 18.1. The minimum absolute atomic E-state index is 0.159. The summed E-state index contributed by atoms with van der Waals surface area (Å²) in [6, 6.07) is 4.85. The maximum absolute atomic E-state index is 13.6. The van der Waals surface area contributed by atoms with Crippen molar-refractivity contribution in [2.24, 2.45) is 5.92 Å². The van der Waals surface area contributed by atoms with Gasteiger partial charge in [0.25, 0.3) is 0 Å². The molecule has 2 fully saturated rings. The van der Waals surface area contributed by atoms with Gasteiger partial charge in [-0.05, 0) is 31.4 Å². The lowest BCUT2D eigenvalue weighted by Gasteiger charge is -2.38. The van der Waals surface area contributed by atoms with E-state index in [1.165, 1.54) is 30.3 Å². The number of hydrogen-bond donors (Lipinski definition) is 1. The van der Waals surface area contributed by atoms with E-state index in [0.717, 1.165) is 11.9 Å². The highest BCUT2D eigenvalue weighted by Crippen LogP contribution is 2.51. The summed E-state index contributed by atoms with van der Waals surface area (Å²) < 4.78 is 114. The number of amides is 1. The van der Waals surface area contributed by atoms with E-state index in [0.29, 0.717) is 4.31 Å². The van der Waals surface area contributed by atoms with E-state index >= 15 is 0 Å². The fourth-order valence-corrected chi connectivity index (χ4v) is 5.85. The predicted octanol–water partition coefficient (Wildman–Crippen LogP) is 3.72. The largest absolute Gasteiger partial charge is 0.465 e. The molecule has 1 N–H and O–H groups in total. The monoisotopic (exact) mass is 504 g/mol. The van der Waals surface area contributed by atoms with Gasteiger partial charge in [0, 0.05) is 20.1 Å². The normalized spacial score (nSPS) is 24.1. The molecule has 1 amide bonds. The van der Waals surface area contributed by atoms with Gasteiger partial charge >= 0.3 is 18.4 Å². The molecule has 3 rings (SSSR count). The van der Waals surface area contributed by atoms with E-state index in [2.05, 4.69) is 0 Å². The van der Waals surface area contributed by atoms with Crippen molar-refractivity contribution >= 4 is 16.1 Å². The quantitative estimate of drug-likeness (QED) is 0.632. The first-order valence-corrected chi connectivity index (χ1v) is 11.3. The van der Waals surface area contributed by atoms with E-state index in [4.69, 9.17) is 9.84 Å². The Hall–Kier alpha value is -2.06. The number of likely N-dealkylation sites (tertiary alicyclic amines) is 1. The number of carbonyl (C=O) groups is 1. The molecule has 0 radical (unpaired) electrons. The number of carboxylic acid groups (broad SMARTS) is 1. The number of halogens is 6. The van der Waals surface area contributed by atoms with Crippen molar-refractivity contribution < 1.29 is 49.4 Å². The first-order valence-electron chi connectivity index (χ1n) is 9.91.